The van der Waals surface area contributed by atoms with Gasteiger partial charge in [-0.05, 0) is 76.9 Å². The predicted octanol–water partition coefficient (Wildman–Crippen LogP) is 13.9. The number of benzene rings is 8. The van der Waals surface area contributed by atoms with Crippen LogP contribution in [0.3, 0.4) is 0 Å². The van der Waals surface area contributed by atoms with Crippen LogP contribution in [0.4, 0.5) is 28.4 Å². The second kappa shape index (κ2) is 12.5. The Kier molecular flexibility index (Phi) is 7.17. The maximum Gasteiger partial charge on any atom is 0.187 e. The van der Waals surface area contributed by atoms with E-state index in [4.69, 9.17) is 4.74 Å². The fraction of sp³-hybridized carbons (Fsp3) is 0.0400. The quantitative estimate of drug-likeness (QED) is 0.171. The number of rotatable bonds is 6. The Labute approximate surface area is 318 Å². The van der Waals surface area contributed by atoms with E-state index in [-0.39, 0.29) is 12.1 Å². The fourth-order valence-corrected chi connectivity index (χ4v) is 9.79. The summed E-state index contributed by atoms with van der Waals surface area (Å²) < 4.78 is 9.66. The van der Waals surface area contributed by atoms with Crippen molar-refractivity contribution in [3.05, 3.63) is 205 Å². The molecule has 0 bridgehead atoms. The van der Waals surface area contributed by atoms with Crippen LogP contribution in [-0.2, 0) is 0 Å². The molecule has 0 saturated heterocycles. The van der Waals surface area contributed by atoms with Crippen molar-refractivity contribution in [1.29, 1.82) is 0 Å². The molecule has 0 aliphatic carbocycles. The average Bonchev–Trinajstić information content (AvgIpc) is 3.91. The molecule has 4 heteroatoms. The smallest absolute Gasteiger partial charge is 0.187 e. The highest BCUT2D eigenvalue weighted by atomic mass is 32.1. The van der Waals surface area contributed by atoms with E-state index in [0.717, 1.165) is 39.6 Å². The monoisotopic (exact) mass is 710 g/mol. The average molecular weight is 711 g/mol. The molecule has 2 atom stereocenters. The van der Waals surface area contributed by atoms with Crippen LogP contribution in [0.2, 0.25) is 0 Å². The highest BCUT2D eigenvalue weighted by molar-refractivity contribution is 7.26. The first-order valence-corrected chi connectivity index (χ1v) is 19.3. The third-order valence-electron chi connectivity index (χ3n) is 11.0. The van der Waals surface area contributed by atoms with Gasteiger partial charge in [-0.15, -0.1) is 11.3 Å². The summed E-state index contributed by atoms with van der Waals surface area (Å²) in [5, 5.41) is 2.57. The summed E-state index contributed by atoms with van der Waals surface area (Å²) >= 11 is 1.86. The summed E-state index contributed by atoms with van der Waals surface area (Å²) in [6.07, 6.45) is -0.158. The van der Waals surface area contributed by atoms with E-state index < -0.39 is 0 Å². The standard InChI is InChI=1S/C50H34N2OS/c1-3-14-33(15-4-1)34-28-30-37(31-29-34)51(45-26-13-23-41-40-20-8-10-27-46(40)54-49(41)45)38-19-11-16-35(32-38)39-22-12-24-43-47-42-21-7-9-25-44(42)52(50(47)53-48(39)43)36-17-5-2-6-18-36/h1-32,47,50H. The van der Waals surface area contributed by atoms with Crippen LogP contribution in [0.15, 0.2) is 194 Å². The number of ether oxygens (including phenoxy) is 1. The fourth-order valence-electron chi connectivity index (χ4n) is 8.59. The van der Waals surface area contributed by atoms with Crippen molar-refractivity contribution in [1.82, 2.24) is 0 Å². The van der Waals surface area contributed by atoms with E-state index in [1.54, 1.807) is 0 Å². The molecular weight excluding hydrogens is 677 g/mol. The highest BCUT2D eigenvalue weighted by Crippen LogP contribution is 2.56. The van der Waals surface area contributed by atoms with Crippen molar-refractivity contribution in [2.24, 2.45) is 0 Å². The normalized spacial score (nSPS) is 15.5. The molecule has 3 heterocycles. The molecule has 256 valence electrons. The molecule has 3 nitrogen and oxygen atoms in total. The number of hydrogen-bond donors (Lipinski definition) is 0. The van der Waals surface area contributed by atoms with Crippen LogP contribution in [0.25, 0.3) is 42.4 Å². The lowest BCUT2D eigenvalue weighted by Gasteiger charge is -2.27. The molecule has 0 fully saturated rings. The third-order valence-corrected chi connectivity index (χ3v) is 12.2. The molecule has 0 saturated carbocycles. The van der Waals surface area contributed by atoms with E-state index in [9.17, 15) is 0 Å². The maximum atomic E-state index is 7.10. The number of anilines is 5. The first-order chi connectivity index (χ1) is 26.8. The number of para-hydroxylation sites is 3. The molecule has 0 amide bonds. The van der Waals surface area contributed by atoms with Crippen LogP contribution in [0, 0.1) is 0 Å². The SMILES string of the molecule is c1ccc(-c2ccc(N(c3cccc(-c4cccc5c4OC4C5c5ccccc5N4c4ccccc4)c3)c3cccc4c3sc3ccccc34)cc2)cc1. The number of thiophene rings is 1. The van der Waals surface area contributed by atoms with Gasteiger partial charge in [0, 0.05) is 49.3 Å². The Bertz CT molecular complexity index is 2830. The van der Waals surface area contributed by atoms with Crippen molar-refractivity contribution in [3.8, 4) is 28.0 Å². The summed E-state index contributed by atoms with van der Waals surface area (Å²) in [5.74, 6) is 1.08. The van der Waals surface area contributed by atoms with Gasteiger partial charge in [-0.2, -0.15) is 0 Å². The van der Waals surface area contributed by atoms with Crippen molar-refractivity contribution in [2.45, 2.75) is 12.1 Å². The second-order valence-corrected chi connectivity index (χ2v) is 15.1. The van der Waals surface area contributed by atoms with Gasteiger partial charge >= 0.3 is 0 Å². The van der Waals surface area contributed by atoms with Crippen LogP contribution in [0.1, 0.15) is 17.0 Å². The highest BCUT2D eigenvalue weighted by Gasteiger charge is 2.47. The van der Waals surface area contributed by atoms with Gasteiger partial charge in [0.1, 0.15) is 5.75 Å². The van der Waals surface area contributed by atoms with Crippen LogP contribution in [-0.4, -0.2) is 6.23 Å². The van der Waals surface area contributed by atoms with Crippen LogP contribution < -0.4 is 14.5 Å². The van der Waals surface area contributed by atoms with E-state index in [1.807, 2.05) is 11.3 Å². The number of nitrogens with zero attached hydrogens (tertiary/aromatic N) is 2. The van der Waals surface area contributed by atoms with Gasteiger partial charge < -0.3 is 14.5 Å². The lowest BCUT2D eigenvalue weighted by atomic mass is 9.91. The Balaban J connectivity index is 1.05. The third kappa shape index (κ3) is 4.88. The van der Waals surface area contributed by atoms with Gasteiger partial charge in [0.15, 0.2) is 6.23 Å². The van der Waals surface area contributed by atoms with Crippen molar-refractivity contribution < 1.29 is 4.74 Å². The zero-order valence-electron chi connectivity index (χ0n) is 29.3. The molecule has 9 aromatic rings. The zero-order valence-corrected chi connectivity index (χ0v) is 30.2. The molecule has 8 aromatic carbocycles. The number of fused-ring (bicyclic) bond motifs is 8. The van der Waals surface area contributed by atoms with Crippen molar-refractivity contribution in [2.75, 3.05) is 9.80 Å². The molecule has 1 aromatic heterocycles. The molecule has 54 heavy (non-hydrogen) atoms. The molecule has 0 N–H and O–H groups in total. The predicted molar refractivity (Wildman–Crippen MR) is 226 cm³/mol. The molecule has 11 rings (SSSR count). The van der Waals surface area contributed by atoms with Gasteiger partial charge in [0.25, 0.3) is 0 Å². The summed E-state index contributed by atoms with van der Waals surface area (Å²) in [5.41, 5.74) is 12.9. The zero-order chi connectivity index (χ0) is 35.6. The summed E-state index contributed by atoms with van der Waals surface area (Å²) in [4.78, 5) is 4.79. The molecular formula is C50H34N2OS. The first kappa shape index (κ1) is 31.0. The Morgan fingerprint density at radius 3 is 2.04 bits per heavy atom. The van der Waals surface area contributed by atoms with Gasteiger partial charge in [-0.1, -0.05) is 140 Å². The minimum atomic E-state index is -0.158. The maximum absolute atomic E-state index is 7.10. The van der Waals surface area contributed by atoms with Gasteiger partial charge in [-0.3, -0.25) is 0 Å². The Morgan fingerprint density at radius 2 is 1.17 bits per heavy atom. The molecule has 2 unspecified atom stereocenters. The van der Waals surface area contributed by atoms with E-state index in [2.05, 4.69) is 204 Å². The van der Waals surface area contributed by atoms with Gasteiger partial charge in [0.05, 0.1) is 16.3 Å². The van der Waals surface area contributed by atoms with E-state index >= 15 is 0 Å². The summed E-state index contributed by atoms with van der Waals surface area (Å²) in [6.45, 7) is 0. The lowest BCUT2D eigenvalue weighted by molar-refractivity contribution is 0.235. The van der Waals surface area contributed by atoms with Crippen molar-refractivity contribution in [3.63, 3.8) is 0 Å². The Morgan fingerprint density at radius 1 is 0.500 bits per heavy atom. The van der Waals surface area contributed by atoms with Crippen LogP contribution in [0.5, 0.6) is 5.75 Å². The van der Waals surface area contributed by atoms with Crippen LogP contribution >= 0.6 is 11.3 Å². The Hall–Kier alpha value is -6.62. The second-order valence-electron chi connectivity index (χ2n) is 14.0. The van der Waals surface area contributed by atoms with Crippen molar-refractivity contribution >= 4 is 59.9 Å². The largest absolute Gasteiger partial charge is 0.468 e. The summed E-state index contributed by atoms with van der Waals surface area (Å²) in [6, 6.07) is 70.0. The van der Waals surface area contributed by atoms with Gasteiger partial charge in [-0.25, -0.2) is 0 Å². The molecule has 0 radical (unpaired) electrons. The molecule has 2 aliphatic rings. The molecule has 0 spiro atoms. The first-order valence-electron chi connectivity index (χ1n) is 18.5. The van der Waals surface area contributed by atoms with E-state index in [1.165, 1.54) is 48.1 Å². The number of hydrogen-bond acceptors (Lipinski definition) is 4. The van der Waals surface area contributed by atoms with Gasteiger partial charge in [0.2, 0.25) is 0 Å². The minimum Gasteiger partial charge on any atom is -0.468 e. The topological polar surface area (TPSA) is 15.7 Å². The minimum absolute atomic E-state index is 0.115. The molecule has 2 aliphatic heterocycles. The lowest BCUT2D eigenvalue weighted by Crippen LogP contribution is -2.32. The summed E-state index contributed by atoms with van der Waals surface area (Å²) in [7, 11) is 0. The van der Waals surface area contributed by atoms with E-state index in [0.29, 0.717) is 0 Å².